The van der Waals surface area contributed by atoms with Crippen molar-refractivity contribution in [2.75, 3.05) is 12.4 Å². The number of anilines is 1. The average molecular weight is 509 g/mol. The summed E-state index contributed by atoms with van der Waals surface area (Å²) in [6.45, 7) is 2.34. The fourth-order valence-corrected chi connectivity index (χ4v) is 4.82. The van der Waals surface area contributed by atoms with Crippen LogP contribution >= 0.6 is 0 Å². The number of cyclic esters (lactones) is 1. The van der Waals surface area contributed by atoms with E-state index in [1.54, 1.807) is 7.11 Å². The van der Waals surface area contributed by atoms with Gasteiger partial charge in [0, 0.05) is 35.1 Å². The number of benzene rings is 3. The number of hydrogen-bond donors (Lipinski definition) is 2. The molecule has 1 aliphatic heterocycles. The Hall–Kier alpha value is -4.62. The van der Waals surface area contributed by atoms with E-state index in [0.717, 1.165) is 33.8 Å². The van der Waals surface area contributed by atoms with Crippen LogP contribution in [-0.2, 0) is 16.1 Å². The predicted molar refractivity (Wildman–Crippen MR) is 146 cm³/mol. The molecule has 4 aromatic rings. The third-order valence-corrected chi connectivity index (χ3v) is 6.68. The molecular formula is C31H28N2O5. The number of carbonyl (C=O) groups is 2. The van der Waals surface area contributed by atoms with E-state index in [1.165, 1.54) is 6.08 Å². The highest BCUT2D eigenvalue weighted by Gasteiger charge is 2.29. The summed E-state index contributed by atoms with van der Waals surface area (Å²) in [4.78, 5) is 25.5. The van der Waals surface area contributed by atoms with Crippen molar-refractivity contribution in [3.63, 3.8) is 0 Å². The second-order valence-electron chi connectivity index (χ2n) is 9.01. The van der Waals surface area contributed by atoms with Crippen molar-refractivity contribution in [2.45, 2.75) is 26.2 Å². The summed E-state index contributed by atoms with van der Waals surface area (Å²) in [5.74, 6) is -0.0542. The van der Waals surface area contributed by atoms with Gasteiger partial charge >= 0.3 is 5.97 Å². The summed E-state index contributed by atoms with van der Waals surface area (Å²) in [7, 11) is 1.62. The van der Waals surface area contributed by atoms with E-state index in [2.05, 4.69) is 9.88 Å². The maximum atomic E-state index is 13.8. The van der Waals surface area contributed by atoms with E-state index in [0.29, 0.717) is 29.8 Å². The lowest BCUT2D eigenvalue weighted by atomic mass is 9.96. The van der Waals surface area contributed by atoms with Crippen molar-refractivity contribution in [1.29, 1.82) is 0 Å². The molecule has 0 radical (unpaired) electrons. The molecule has 1 aromatic heterocycles. The lowest BCUT2D eigenvalue weighted by molar-refractivity contribution is -0.151. The van der Waals surface area contributed by atoms with Crippen LogP contribution in [0.1, 0.15) is 22.5 Å². The number of nitrogens with zero attached hydrogens (tertiary/aromatic N) is 1. The molecule has 1 aliphatic rings. The molecule has 38 heavy (non-hydrogen) atoms. The maximum absolute atomic E-state index is 13.8. The topological polar surface area (TPSA) is 89.8 Å². The molecule has 0 spiro atoms. The Morgan fingerprint density at radius 1 is 0.974 bits per heavy atom. The van der Waals surface area contributed by atoms with Crippen LogP contribution in [0, 0.1) is 6.92 Å². The lowest BCUT2D eigenvalue weighted by Gasteiger charge is -2.15. The summed E-state index contributed by atoms with van der Waals surface area (Å²) >= 11 is 0. The van der Waals surface area contributed by atoms with Gasteiger partial charge in [0.1, 0.15) is 5.75 Å². The Balaban J connectivity index is 1.68. The van der Waals surface area contributed by atoms with Gasteiger partial charge in [-0.15, -0.1) is 0 Å². The second kappa shape index (κ2) is 10.8. The smallest absolute Gasteiger partial charge is 0.333 e. The Morgan fingerprint density at radius 2 is 1.63 bits per heavy atom. The number of esters is 1. The molecule has 1 unspecified atom stereocenters. The molecule has 5 rings (SSSR count). The number of hydrogen-bond acceptors (Lipinski definition) is 5. The van der Waals surface area contributed by atoms with Gasteiger partial charge in [0.2, 0.25) is 6.29 Å². The first-order valence-corrected chi connectivity index (χ1v) is 12.3. The minimum Gasteiger partial charge on any atom is -0.497 e. The normalized spacial score (nSPS) is 14.7. The minimum atomic E-state index is -1.25. The zero-order chi connectivity index (χ0) is 26.6. The summed E-state index contributed by atoms with van der Waals surface area (Å²) in [6.07, 6.45) is 0.453. The molecule has 1 amide bonds. The Morgan fingerprint density at radius 3 is 2.24 bits per heavy atom. The van der Waals surface area contributed by atoms with Gasteiger partial charge in [-0.25, -0.2) is 4.79 Å². The highest BCUT2D eigenvalue weighted by molar-refractivity contribution is 6.12. The van der Waals surface area contributed by atoms with Gasteiger partial charge in [-0.05, 0) is 60.9 Å². The number of carbonyl (C=O) groups excluding carboxylic acids is 2. The van der Waals surface area contributed by atoms with E-state index in [4.69, 9.17) is 9.47 Å². The minimum absolute atomic E-state index is 0.223. The van der Waals surface area contributed by atoms with Crippen LogP contribution in [0.3, 0.4) is 0 Å². The second-order valence-corrected chi connectivity index (χ2v) is 9.01. The zero-order valence-corrected chi connectivity index (χ0v) is 21.2. The SMILES string of the molecule is COc1ccc(-c2c(-c3ccccc3)c(C(=O)Nc3ccccc3)c(C)n2CCC2=CC(=O)OC2O)cc1. The van der Waals surface area contributed by atoms with Crippen molar-refractivity contribution >= 4 is 17.6 Å². The quantitative estimate of drug-likeness (QED) is 0.303. The largest absolute Gasteiger partial charge is 0.497 e. The van der Waals surface area contributed by atoms with E-state index < -0.39 is 12.3 Å². The molecule has 0 saturated carbocycles. The number of aliphatic hydroxyl groups is 1. The van der Waals surface area contributed by atoms with Crippen LogP contribution in [0.2, 0.25) is 0 Å². The van der Waals surface area contributed by atoms with Crippen molar-refractivity contribution in [1.82, 2.24) is 4.57 Å². The Kier molecular flexibility index (Phi) is 7.11. The summed E-state index contributed by atoms with van der Waals surface area (Å²) in [6, 6.07) is 26.8. The van der Waals surface area contributed by atoms with Gasteiger partial charge in [0.15, 0.2) is 0 Å². The monoisotopic (exact) mass is 508 g/mol. The van der Waals surface area contributed by atoms with E-state index in [9.17, 15) is 14.7 Å². The van der Waals surface area contributed by atoms with Gasteiger partial charge in [-0.1, -0.05) is 48.5 Å². The fourth-order valence-electron chi connectivity index (χ4n) is 4.82. The van der Waals surface area contributed by atoms with Crippen LogP contribution < -0.4 is 10.1 Å². The molecule has 0 saturated heterocycles. The number of rotatable bonds is 8. The van der Waals surface area contributed by atoms with Gasteiger partial charge in [0.05, 0.1) is 18.4 Å². The third-order valence-electron chi connectivity index (χ3n) is 6.68. The molecule has 3 aromatic carbocycles. The van der Waals surface area contributed by atoms with Crippen molar-refractivity contribution < 1.29 is 24.2 Å². The number of aromatic nitrogens is 1. The van der Waals surface area contributed by atoms with Crippen molar-refractivity contribution in [2.24, 2.45) is 0 Å². The summed E-state index contributed by atoms with van der Waals surface area (Å²) < 4.78 is 12.3. The highest BCUT2D eigenvalue weighted by Crippen LogP contribution is 2.40. The van der Waals surface area contributed by atoms with Crippen LogP contribution in [0.25, 0.3) is 22.4 Å². The Bertz CT molecular complexity index is 1490. The fraction of sp³-hybridized carbons (Fsp3) is 0.161. The maximum Gasteiger partial charge on any atom is 0.333 e. The molecule has 0 aliphatic carbocycles. The summed E-state index contributed by atoms with van der Waals surface area (Å²) in [5, 5.41) is 13.2. The third kappa shape index (κ3) is 4.96. The lowest BCUT2D eigenvalue weighted by Crippen LogP contribution is -2.15. The number of ether oxygens (including phenoxy) is 2. The van der Waals surface area contributed by atoms with E-state index in [-0.39, 0.29) is 5.91 Å². The average Bonchev–Trinajstić information content (AvgIpc) is 3.42. The molecule has 2 N–H and O–H groups in total. The van der Waals surface area contributed by atoms with Crippen LogP contribution in [0.5, 0.6) is 5.75 Å². The molecular weight excluding hydrogens is 480 g/mol. The first-order chi connectivity index (χ1) is 18.5. The molecule has 0 fully saturated rings. The molecule has 7 nitrogen and oxygen atoms in total. The zero-order valence-electron chi connectivity index (χ0n) is 21.2. The number of nitrogens with one attached hydrogen (secondary N) is 1. The number of para-hydroxylation sites is 1. The van der Waals surface area contributed by atoms with Crippen LogP contribution in [0.4, 0.5) is 5.69 Å². The van der Waals surface area contributed by atoms with Crippen molar-refractivity contribution in [3.8, 4) is 28.1 Å². The van der Waals surface area contributed by atoms with Crippen LogP contribution in [-0.4, -0.2) is 34.9 Å². The molecule has 192 valence electrons. The Labute approximate surface area is 221 Å². The van der Waals surface area contributed by atoms with Crippen LogP contribution in [0.15, 0.2) is 96.6 Å². The predicted octanol–water partition coefficient (Wildman–Crippen LogP) is 5.58. The summed E-state index contributed by atoms with van der Waals surface area (Å²) in [5.41, 5.74) is 5.98. The molecule has 7 heteroatoms. The van der Waals surface area contributed by atoms with Gasteiger partial charge in [-0.3, -0.25) is 4.79 Å². The number of aliphatic hydroxyl groups excluding tert-OH is 1. The van der Waals surface area contributed by atoms with Crippen molar-refractivity contribution in [3.05, 3.63) is 108 Å². The van der Waals surface area contributed by atoms with E-state index >= 15 is 0 Å². The first-order valence-electron chi connectivity index (χ1n) is 12.3. The number of methoxy groups -OCH3 is 1. The molecule has 0 bridgehead atoms. The first kappa shape index (κ1) is 25.0. The molecule has 2 heterocycles. The van der Waals surface area contributed by atoms with Gasteiger partial charge in [-0.2, -0.15) is 0 Å². The number of amides is 1. The van der Waals surface area contributed by atoms with E-state index in [1.807, 2.05) is 91.9 Å². The van der Waals surface area contributed by atoms with Gasteiger partial charge in [0.25, 0.3) is 5.91 Å². The highest BCUT2D eigenvalue weighted by atomic mass is 16.6. The standard InChI is InChI=1S/C31H28N2O5/c1-20-27(30(35)32-24-11-7-4-8-12-24)28(21-9-5-3-6-10-21)29(22-13-15-25(37-2)16-14-22)33(20)18-17-23-19-26(34)38-31(23)36/h3-16,19,31,36H,17-18H2,1-2H3,(H,32,35). The van der Waals surface area contributed by atoms with Gasteiger partial charge < -0.3 is 24.5 Å². The molecule has 1 atom stereocenters.